The Kier molecular flexibility index (Phi) is 4.55. The number of halogens is 1. The van der Waals surface area contributed by atoms with Gasteiger partial charge in [-0.25, -0.2) is 0 Å². The third kappa shape index (κ3) is 2.91. The summed E-state index contributed by atoms with van der Waals surface area (Å²) >= 11 is 7.43. The molecule has 1 amide bonds. The Morgan fingerprint density at radius 1 is 1.45 bits per heavy atom. The molecule has 3 nitrogen and oxygen atoms in total. The molecule has 0 saturated heterocycles. The van der Waals surface area contributed by atoms with Crippen LogP contribution >= 0.6 is 22.9 Å². The second kappa shape index (κ2) is 6.02. The van der Waals surface area contributed by atoms with Crippen molar-refractivity contribution in [2.45, 2.75) is 20.8 Å². The molecule has 0 fully saturated rings. The summed E-state index contributed by atoms with van der Waals surface area (Å²) in [6, 6.07) is 5.55. The Morgan fingerprint density at radius 3 is 2.75 bits per heavy atom. The summed E-state index contributed by atoms with van der Waals surface area (Å²) in [6.07, 6.45) is 0. The van der Waals surface area contributed by atoms with E-state index in [1.807, 2.05) is 30.0 Å². The van der Waals surface area contributed by atoms with E-state index in [0.29, 0.717) is 28.0 Å². The fourth-order valence-corrected chi connectivity index (χ4v) is 3.43. The zero-order valence-corrected chi connectivity index (χ0v) is 13.5. The Labute approximate surface area is 128 Å². The number of fused-ring (bicyclic) bond motifs is 1. The van der Waals surface area contributed by atoms with Crippen molar-refractivity contribution in [2.24, 2.45) is 5.92 Å². The highest BCUT2D eigenvalue weighted by Crippen LogP contribution is 2.36. The first-order valence-electron chi connectivity index (χ1n) is 6.70. The summed E-state index contributed by atoms with van der Waals surface area (Å²) in [4.78, 5) is 15.1. The number of hydrogen-bond acceptors (Lipinski definition) is 3. The number of rotatable bonds is 4. The lowest BCUT2D eigenvalue weighted by Crippen LogP contribution is -2.33. The van der Waals surface area contributed by atoms with Gasteiger partial charge in [0.2, 0.25) is 0 Å². The van der Waals surface area contributed by atoms with Crippen LogP contribution in [-0.4, -0.2) is 23.9 Å². The van der Waals surface area contributed by atoms with Gasteiger partial charge in [-0.05, 0) is 31.0 Å². The first-order valence-corrected chi connectivity index (χ1v) is 7.90. The number of nitrogens with two attached hydrogens (primary N) is 1. The Hall–Kier alpha value is -1.26. The number of nitrogen functional groups attached to an aromatic ring is 1. The van der Waals surface area contributed by atoms with Crippen LogP contribution in [0.15, 0.2) is 18.2 Å². The number of thiophene rings is 1. The van der Waals surface area contributed by atoms with E-state index in [0.717, 1.165) is 16.6 Å². The molecule has 108 valence electrons. The van der Waals surface area contributed by atoms with Crippen LogP contribution in [0.4, 0.5) is 5.69 Å². The highest BCUT2D eigenvalue weighted by molar-refractivity contribution is 7.21. The van der Waals surface area contributed by atoms with E-state index in [-0.39, 0.29) is 5.91 Å². The van der Waals surface area contributed by atoms with Crippen LogP contribution in [0.3, 0.4) is 0 Å². The van der Waals surface area contributed by atoms with Crippen molar-refractivity contribution < 1.29 is 4.79 Å². The molecule has 0 aliphatic rings. The first-order chi connectivity index (χ1) is 9.43. The maximum absolute atomic E-state index is 12.6. The average molecular weight is 311 g/mol. The molecule has 0 aliphatic heterocycles. The minimum absolute atomic E-state index is 0.0102. The van der Waals surface area contributed by atoms with Crippen molar-refractivity contribution in [3.63, 3.8) is 0 Å². The molecule has 0 aliphatic carbocycles. The quantitative estimate of drug-likeness (QED) is 0.917. The van der Waals surface area contributed by atoms with Gasteiger partial charge < -0.3 is 10.6 Å². The number of carbonyl (C=O) groups is 1. The first kappa shape index (κ1) is 15.1. The van der Waals surface area contributed by atoms with Gasteiger partial charge in [0.1, 0.15) is 4.88 Å². The van der Waals surface area contributed by atoms with Crippen LogP contribution in [-0.2, 0) is 0 Å². The summed E-state index contributed by atoms with van der Waals surface area (Å²) in [5.41, 5.74) is 6.68. The fraction of sp³-hybridized carbons (Fsp3) is 0.400. The van der Waals surface area contributed by atoms with Gasteiger partial charge in [-0.3, -0.25) is 4.79 Å². The SMILES string of the molecule is CCN(CC(C)C)C(=O)c1sc2ccc(Cl)cc2c1N. The van der Waals surface area contributed by atoms with Crippen molar-refractivity contribution >= 4 is 44.6 Å². The fourth-order valence-electron chi connectivity index (χ4n) is 2.19. The normalized spacial score (nSPS) is 11.2. The summed E-state index contributed by atoms with van der Waals surface area (Å²) in [6.45, 7) is 7.61. The largest absolute Gasteiger partial charge is 0.397 e. The van der Waals surface area contributed by atoms with Crippen molar-refractivity contribution in [1.29, 1.82) is 0 Å². The predicted octanol–water partition coefficient (Wildman–Crippen LogP) is 4.26. The minimum Gasteiger partial charge on any atom is -0.397 e. The maximum Gasteiger partial charge on any atom is 0.266 e. The second-order valence-electron chi connectivity index (χ2n) is 5.22. The van der Waals surface area contributed by atoms with Crippen LogP contribution < -0.4 is 5.73 Å². The molecule has 1 heterocycles. The molecule has 0 radical (unpaired) electrons. The molecule has 0 unspecified atom stereocenters. The van der Waals surface area contributed by atoms with Crippen molar-refractivity contribution in [3.05, 3.63) is 28.1 Å². The summed E-state index contributed by atoms with van der Waals surface area (Å²) in [7, 11) is 0. The molecule has 2 N–H and O–H groups in total. The highest BCUT2D eigenvalue weighted by atomic mass is 35.5. The zero-order valence-electron chi connectivity index (χ0n) is 11.9. The standard InChI is InChI=1S/C15H19ClN2OS/c1-4-18(8-9(2)3)15(19)14-13(17)11-7-10(16)5-6-12(11)20-14/h5-7,9H,4,8,17H2,1-3H3. The third-order valence-electron chi connectivity index (χ3n) is 3.14. The molecular weight excluding hydrogens is 292 g/mol. The monoisotopic (exact) mass is 310 g/mol. The third-order valence-corrected chi connectivity index (χ3v) is 4.55. The van der Waals surface area contributed by atoms with Gasteiger partial charge in [-0.2, -0.15) is 0 Å². The van der Waals surface area contributed by atoms with E-state index in [4.69, 9.17) is 17.3 Å². The topological polar surface area (TPSA) is 46.3 Å². The molecular formula is C15H19ClN2OS. The average Bonchev–Trinajstić information content (AvgIpc) is 2.72. The molecule has 0 spiro atoms. The lowest BCUT2D eigenvalue weighted by Gasteiger charge is -2.22. The molecule has 1 aromatic carbocycles. The smallest absolute Gasteiger partial charge is 0.266 e. The van der Waals surface area contributed by atoms with Gasteiger partial charge >= 0.3 is 0 Å². The molecule has 1 aromatic heterocycles. The van der Waals surface area contributed by atoms with Gasteiger partial charge in [-0.15, -0.1) is 11.3 Å². The highest BCUT2D eigenvalue weighted by Gasteiger charge is 2.21. The Morgan fingerprint density at radius 2 is 2.15 bits per heavy atom. The number of benzene rings is 1. The van der Waals surface area contributed by atoms with Crippen LogP contribution in [0.1, 0.15) is 30.4 Å². The number of amides is 1. The Balaban J connectivity index is 2.41. The maximum atomic E-state index is 12.6. The lowest BCUT2D eigenvalue weighted by molar-refractivity contribution is 0.0751. The van der Waals surface area contributed by atoms with E-state index in [1.165, 1.54) is 11.3 Å². The van der Waals surface area contributed by atoms with E-state index in [9.17, 15) is 4.79 Å². The predicted molar refractivity (Wildman–Crippen MR) is 87.7 cm³/mol. The minimum atomic E-state index is 0.0102. The molecule has 2 aromatic rings. The molecule has 0 bridgehead atoms. The number of anilines is 1. The van der Waals surface area contributed by atoms with Crippen LogP contribution in [0.25, 0.3) is 10.1 Å². The van der Waals surface area contributed by atoms with E-state index in [2.05, 4.69) is 13.8 Å². The molecule has 0 saturated carbocycles. The molecule has 0 atom stereocenters. The van der Waals surface area contributed by atoms with Crippen molar-refractivity contribution in [2.75, 3.05) is 18.8 Å². The molecule has 20 heavy (non-hydrogen) atoms. The van der Waals surface area contributed by atoms with Crippen LogP contribution in [0, 0.1) is 5.92 Å². The summed E-state index contributed by atoms with van der Waals surface area (Å²) in [5, 5.41) is 1.50. The van der Waals surface area contributed by atoms with Crippen LogP contribution in [0.5, 0.6) is 0 Å². The zero-order chi connectivity index (χ0) is 14.9. The summed E-state index contributed by atoms with van der Waals surface area (Å²) < 4.78 is 0.996. The van der Waals surface area contributed by atoms with Crippen LogP contribution in [0.2, 0.25) is 5.02 Å². The van der Waals surface area contributed by atoms with E-state index in [1.54, 1.807) is 0 Å². The van der Waals surface area contributed by atoms with Gasteiger partial charge in [0.05, 0.1) is 5.69 Å². The Bertz CT molecular complexity index is 636. The second-order valence-corrected chi connectivity index (χ2v) is 6.71. The summed E-state index contributed by atoms with van der Waals surface area (Å²) in [5.74, 6) is 0.444. The molecule has 5 heteroatoms. The van der Waals surface area contributed by atoms with Crippen molar-refractivity contribution in [3.8, 4) is 0 Å². The molecule has 2 rings (SSSR count). The van der Waals surface area contributed by atoms with Gasteiger partial charge in [0.25, 0.3) is 5.91 Å². The number of carbonyl (C=O) groups excluding carboxylic acids is 1. The number of nitrogens with zero attached hydrogens (tertiary/aromatic N) is 1. The number of hydrogen-bond donors (Lipinski definition) is 1. The lowest BCUT2D eigenvalue weighted by atomic mass is 10.2. The van der Waals surface area contributed by atoms with Crippen molar-refractivity contribution in [1.82, 2.24) is 4.90 Å². The van der Waals surface area contributed by atoms with E-state index >= 15 is 0 Å². The van der Waals surface area contributed by atoms with Gasteiger partial charge in [-0.1, -0.05) is 25.4 Å². The van der Waals surface area contributed by atoms with Gasteiger partial charge in [0.15, 0.2) is 0 Å². The van der Waals surface area contributed by atoms with Gasteiger partial charge in [0, 0.05) is 28.2 Å². The van der Waals surface area contributed by atoms with E-state index < -0.39 is 0 Å².